The van der Waals surface area contributed by atoms with Gasteiger partial charge in [0.2, 0.25) is 0 Å². The van der Waals surface area contributed by atoms with Gasteiger partial charge in [-0.15, -0.1) is 0 Å². The molecule has 0 radical (unpaired) electrons. The van der Waals surface area contributed by atoms with Crippen LogP contribution in [0.4, 0.5) is 5.69 Å². The zero-order chi connectivity index (χ0) is 13.2. The molecule has 102 valence electrons. The van der Waals surface area contributed by atoms with Gasteiger partial charge in [-0.25, -0.2) is 0 Å². The van der Waals surface area contributed by atoms with Crippen molar-refractivity contribution in [3.63, 3.8) is 0 Å². The summed E-state index contributed by atoms with van der Waals surface area (Å²) in [7, 11) is 2.02. The van der Waals surface area contributed by atoms with Gasteiger partial charge >= 0.3 is 0 Å². The molecule has 0 aliphatic heterocycles. The molecule has 0 amide bonds. The lowest BCUT2D eigenvalue weighted by Gasteiger charge is -2.24. The highest BCUT2D eigenvalue weighted by Gasteiger charge is 2.05. The fraction of sp³-hybridized carbons (Fsp3) is 0.625. The number of anilines is 1. The van der Waals surface area contributed by atoms with E-state index in [2.05, 4.69) is 48.3 Å². The van der Waals surface area contributed by atoms with Crippen molar-refractivity contribution in [2.75, 3.05) is 31.6 Å². The molecule has 0 aromatic heterocycles. The van der Waals surface area contributed by atoms with Crippen molar-refractivity contribution in [1.82, 2.24) is 5.32 Å². The van der Waals surface area contributed by atoms with Crippen molar-refractivity contribution >= 4 is 5.69 Å². The van der Waals surface area contributed by atoms with Crippen LogP contribution in [0.3, 0.4) is 0 Å². The van der Waals surface area contributed by atoms with Crippen molar-refractivity contribution in [1.29, 1.82) is 0 Å². The van der Waals surface area contributed by atoms with Crippen LogP contribution >= 0.6 is 0 Å². The number of benzene rings is 1. The average Bonchev–Trinajstić information content (AvgIpc) is 2.39. The molecule has 2 nitrogen and oxygen atoms in total. The molecule has 1 aromatic rings. The topological polar surface area (TPSA) is 15.3 Å². The van der Waals surface area contributed by atoms with E-state index in [0.717, 1.165) is 13.1 Å². The second kappa shape index (κ2) is 8.98. The summed E-state index contributed by atoms with van der Waals surface area (Å²) in [5, 5.41) is 3.20. The molecular weight excluding hydrogens is 220 g/mol. The van der Waals surface area contributed by atoms with E-state index in [1.165, 1.54) is 43.5 Å². The first-order chi connectivity index (χ1) is 8.79. The standard InChI is InChI=1S/C16H28N2/c1-4-18(14-10-6-5-9-13-17-3)16-12-8-7-11-15(16)2/h7-8,11-12,17H,4-6,9-10,13-14H2,1-3H3. The first-order valence-electron chi connectivity index (χ1n) is 7.24. The molecule has 0 bridgehead atoms. The van der Waals surface area contributed by atoms with Crippen LogP contribution in [0.5, 0.6) is 0 Å². The molecule has 1 N–H and O–H groups in total. The molecule has 2 heteroatoms. The summed E-state index contributed by atoms with van der Waals surface area (Å²) < 4.78 is 0. The van der Waals surface area contributed by atoms with Gasteiger partial charge in [-0.05, 0) is 51.9 Å². The van der Waals surface area contributed by atoms with Gasteiger partial charge in [0.25, 0.3) is 0 Å². The van der Waals surface area contributed by atoms with Gasteiger partial charge < -0.3 is 10.2 Å². The minimum Gasteiger partial charge on any atom is -0.372 e. The van der Waals surface area contributed by atoms with Crippen LogP contribution in [0, 0.1) is 6.92 Å². The summed E-state index contributed by atoms with van der Waals surface area (Å²) in [6.07, 6.45) is 5.27. The zero-order valence-electron chi connectivity index (χ0n) is 12.2. The summed E-state index contributed by atoms with van der Waals surface area (Å²) in [6.45, 7) is 7.87. The summed E-state index contributed by atoms with van der Waals surface area (Å²) in [5.41, 5.74) is 2.78. The number of aryl methyl sites for hydroxylation is 1. The lowest BCUT2D eigenvalue weighted by molar-refractivity contribution is 0.609. The van der Waals surface area contributed by atoms with Gasteiger partial charge in [0.05, 0.1) is 0 Å². The van der Waals surface area contributed by atoms with Crippen molar-refractivity contribution in [3.05, 3.63) is 29.8 Å². The molecule has 18 heavy (non-hydrogen) atoms. The zero-order valence-corrected chi connectivity index (χ0v) is 12.2. The third-order valence-corrected chi connectivity index (χ3v) is 3.44. The summed E-state index contributed by atoms with van der Waals surface area (Å²) in [6, 6.07) is 8.69. The SMILES string of the molecule is CCN(CCCCCCNC)c1ccccc1C. The van der Waals surface area contributed by atoms with Crippen LogP contribution in [0.15, 0.2) is 24.3 Å². The summed E-state index contributed by atoms with van der Waals surface area (Å²) in [4.78, 5) is 2.49. The molecule has 0 aliphatic carbocycles. The van der Waals surface area contributed by atoms with E-state index in [0.29, 0.717) is 0 Å². The highest BCUT2D eigenvalue weighted by Crippen LogP contribution is 2.19. The van der Waals surface area contributed by atoms with Crippen molar-refractivity contribution in [3.8, 4) is 0 Å². The van der Waals surface area contributed by atoms with Gasteiger partial charge in [0, 0.05) is 18.8 Å². The Morgan fingerprint density at radius 2 is 1.78 bits per heavy atom. The van der Waals surface area contributed by atoms with E-state index < -0.39 is 0 Å². The fourth-order valence-corrected chi connectivity index (χ4v) is 2.33. The molecule has 0 saturated carbocycles. The molecule has 0 saturated heterocycles. The van der Waals surface area contributed by atoms with Crippen LogP contribution in [-0.2, 0) is 0 Å². The predicted molar refractivity (Wildman–Crippen MR) is 81.5 cm³/mol. The second-order valence-corrected chi connectivity index (χ2v) is 4.88. The number of rotatable bonds is 9. The monoisotopic (exact) mass is 248 g/mol. The molecule has 0 fully saturated rings. The van der Waals surface area contributed by atoms with Gasteiger partial charge in [-0.2, -0.15) is 0 Å². The molecule has 0 unspecified atom stereocenters. The number of nitrogens with zero attached hydrogens (tertiary/aromatic N) is 1. The quantitative estimate of drug-likeness (QED) is 0.672. The molecule has 1 aromatic carbocycles. The van der Waals surface area contributed by atoms with Crippen molar-refractivity contribution < 1.29 is 0 Å². The van der Waals surface area contributed by atoms with Crippen LogP contribution in [0.25, 0.3) is 0 Å². The van der Waals surface area contributed by atoms with Crippen LogP contribution in [-0.4, -0.2) is 26.7 Å². The maximum absolute atomic E-state index is 3.20. The highest BCUT2D eigenvalue weighted by atomic mass is 15.1. The number of nitrogens with one attached hydrogen (secondary N) is 1. The number of hydrogen-bond donors (Lipinski definition) is 1. The molecule has 0 heterocycles. The molecule has 0 atom stereocenters. The Morgan fingerprint density at radius 1 is 1.06 bits per heavy atom. The van der Waals surface area contributed by atoms with E-state index in [1.807, 2.05) is 7.05 Å². The lowest BCUT2D eigenvalue weighted by atomic mass is 10.1. The predicted octanol–water partition coefficient (Wildman–Crippen LogP) is 3.60. The maximum Gasteiger partial charge on any atom is 0.0395 e. The van der Waals surface area contributed by atoms with E-state index >= 15 is 0 Å². The maximum atomic E-state index is 3.20. The largest absolute Gasteiger partial charge is 0.372 e. The Labute approximate surface area is 112 Å². The minimum absolute atomic E-state index is 1.10. The van der Waals surface area contributed by atoms with E-state index in [9.17, 15) is 0 Å². The molecule has 1 rings (SSSR count). The van der Waals surface area contributed by atoms with E-state index in [1.54, 1.807) is 0 Å². The Hall–Kier alpha value is -1.02. The van der Waals surface area contributed by atoms with Crippen molar-refractivity contribution in [2.45, 2.75) is 39.5 Å². The Bertz CT molecular complexity index is 323. The molecular formula is C16H28N2. The fourth-order valence-electron chi connectivity index (χ4n) is 2.33. The van der Waals surface area contributed by atoms with Crippen LogP contribution < -0.4 is 10.2 Å². The molecule has 0 aliphatic rings. The Morgan fingerprint density at radius 3 is 2.44 bits per heavy atom. The van der Waals surface area contributed by atoms with Crippen LogP contribution in [0.2, 0.25) is 0 Å². The number of para-hydroxylation sites is 1. The highest BCUT2D eigenvalue weighted by molar-refractivity contribution is 5.52. The normalized spacial score (nSPS) is 10.6. The first-order valence-corrected chi connectivity index (χ1v) is 7.24. The van der Waals surface area contributed by atoms with Gasteiger partial charge in [0.15, 0.2) is 0 Å². The van der Waals surface area contributed by atoms with Crippen LogP contribution in [0.1, 0.15) is 38.2 Å². The van der Waals surface area contributed by atoms with Gasteiger partial charge in [-0.3, -0.25) is 0 Å². The third-order valence-electron chi connectivity index (χ3n) is 3.44. The lowest BCUT2D eigenvalue weighted by Crippen LogP contribution is -2.24. The van der Waals surface area contributed by atoms with Crippen molar-refractivity contribution in [2.24, 2.45) is 0 Å². The average molecular weight is 248 g/mol. The molecule has 0 spiro atoms. The first kappa shape index (κ1) is 15.0. The van der Waals surface area contributed by atoms with Gasteiger partial charge in [0.1, 0.15) is 0 Å². The minimum atomic E-state index is 1.10. The Balaban J connectivity index is 2.32. The van der Waals surface area contributed by atoms with E-state index in [4.69, 9.17) is 0 Å². The number of hydrogen-bond acceptors (Lipinski definition) is 2. The Kier molecular flexibility index (Phi) is 7.51. The number of unbranched alkanes of at least 4 members (excludes halogenated alkanes) is 3. The second-order valence-electron chi connectivity index (χ2n) is 4.88. The summed E-state index contributed by atoms with van der Waals surface area (Å²) in [5.74, 6) is 0. The summed E-state index contributed by atoms with van der Waals surface area (Å²) >= 11 is 0. The van der Waals surface area contributed by atoms with E-state index in [-0.39, 0.29) is 0 Å². The smallest absolute Gasteiger partial charge is 0.0395 e. The third kappa shape index (κ3) is 5.09. The van der Waals surface area contributed by atoms with Gasteiger partial charge in [-0.1, -0.05) is 31.0 Å².